The molecular formula is C36H42Cl2N6O7S. The largest absolute Gasteiger partial charge is 0.494 e. The number of sulfonamides is 1. The van der Waals surface area contributed by atoms with Gasteiger partial charge in [0.05, 0.1) is 42.0 Å². The fraction of sp³-hybridized carbons (Fsp3) is 0.472. The Morgan fingerprint density at radius 1 is 1.12 bits per heavy atom. The number of likely N-dealkylation sites (tertiary alicyclic amines) is 1. The SMILES string of the molecule is C=C[C@@H]1C[C@@]1(C(=O)NS(=O)(=O)C1CC1)N(C(=O)C(Nc1cncc(Cl)c1)C(C)(C)C)C(=O)N1C[C@H](Oc2ncc(OC)c3ccc(Cl)cc23)CC1C. The second kappa shape index (κ2) is 14.0. The number of nitrogens with zero attached hydrogens (tertiary/aromatic N) is 4. The van der Waals surface area contributed by atoms with E-state index in [0.717, 1.165) is 10.3 Å². The Balaban J connectivity index is 1.36. The average Bonchev–Trinajstić information content (AvgIpc) is 4.01. The van der Waals surface area contributed by atoms with Crippen LogP contribution in [-0.4, -0.2) is 88.7 Å². The highest BCUT2D eigenvalue weighted by molar-refractivity contribution is 7.91. The van der Waals surface area contributed by atoms with Crippen molar-refractivity contribution >= 4 is 67.5 Å². The monoisotopic (exact) mass is 772 g/mol. The lowest BCUT2D eigenvalue weighted by Crippen LogP contribution is -2.64. The Kier molecular flexibility index (Phi) is 10.1. The number of imide groups is 1. The molecule has 1 saturated heterocycles. The van der Waals surface area contributed by atoms with Gasteiger partial charge in [-0.05, 0) is 55.9 Å². The third-order valence-electron chi connectivity index (χ3n) is 9.86. The number of nitrogens with one attached hydrogen (secondary N) is 2. The number of anilines is 1. The normalized spacial score (nSPS) is 23.4. The van der Waals surface area contributed by atoms with E-state index < -0.39 is 68.2 Å². The van der Waals surface area contributed by atoms with Crippen LogP contribution in [0.3, 0.4) is 0 Å². The quantitative estimate of drug-likeness (QED) is 0.228. The number of halogens is 2. The molecule has 0 bridgehead atoms. The van der Waals surface area contributed by atoms with Crippen LogP contribution in [0.2, 0.25) is 10.0 Å². The maximum atomic E-state index is 15.0. The molecule has 1 aliphatic heterocycles. The van der Waals surface area contributed by atoms with Gasteiger partial charge in [-0.25, -0.2) is 23.1 Å². The van der Waals surface area contributed by atoms with Crippen molar-refractivity contribution in [1.29, 1.82) is 0 Å². The molecule has 3 fully saturated rings. The molecular weight excluding hydrogens is 731 g/mol. The van der Waals surface area contributed by atoms with Gasteiger partial charge in [-0.3, -0.25) is 19.3 Å². The van der Waals surface area contributed by atoms with Crippen molar-refractivity contribution in [2.24, 2.45) is 11.3 Å². The number of carbonyl (C=O) groups excluding carboxylic acids is 3. The lowest BCUT2D eigenvalue weighted by Gasteiger charge is -2.40. The van der Waals surface area contributed by atoms with Crippen molar-refractivity contribution in [3.8, 4) is 11.6 Å². The number of rotatable bonds is 11. The van der Waals surface area contributed by atoms with Crippen molar-refractivity contribution in [2.45, 2.75) is 82.4 Å². The van der Waals surface area contributed by atoms with Gasteiger partial charge in [0.25, 0.3) is 11.8 Å². The van der Waals surface area contributed by atoms with Crippen LogP contribution in [-0.2, 0) is 19.6 Å². The van der Waals surface area contributed by atoms with Crippen LogP contribution in [0.15, 0.2) is 55.5 Å². The molecule has 5 atom stereocenters. The fourth-order valence-electron chi connectivity index (χ4n) is 6.79. The lowest BCUT2D eigenvalue weighted by atomic mass is 9.85. The molecule has 4 amide bonds. The van der Waals surface area contributed by atoms with Crippen molar-refractivity contribution in [2.75, 3.05) is 19.0 Å². The topological polar surface area (TPSA) is 160 Å². The van der Waals surface area contributed by atoms with Crippen LogP contribution < -0.4 is 19.5 Å². The zero-order valence-corrected chi connectivity index (χ0v) is 31.9. The van der Waals surface area contributed by atoms with Gasteiger partial charge >= 0.3 is 6.03 Å². The van der Waals surface area contributed by atoms with E-state index in [-0.39, 0.29) is 13.0 Å². The fourth-order valence-corrected chi connectivity index (χ4v) is 8.50. The highest BCUT2D eigenvalue weighted by Gasteiger charge is 2.68. The smallest absolute Gasteiger partial charge is 0.328 e. The molecule has 6 rings (SSSR count). The molecule has 3 aromatic rings. The van der Waals surface area contributed by atoms with Crippen molar-refractivity contribution in [3.05, 3.63) is 65.6 Å². The Bertz CT molecular complexity index is 2040. The summed E-state index contributed by atoms with van der Waals surface area (Å²) < 4.78 is 40.2. The first-order valence-electron chi connectivity index (χ1n) is 17.0. The molecule has 3 aliphatic rings. The van der Waals surface area contributed by atoms with E-state index in [0.29, 0.717) is 52.0 Å². The number of urea groups is 1. The molecule has 3 heterocycles. The number of hydrogen-bond donors (Lipinski definition) is 2. The van der Waals surface area contributed by atoms with E-state index in [4.69, 9.17) is 32.7 Å². The summed E-state index contributed by atoms with van der Waals surface area (Å²) in [7, 11) is -2.49. The van der Waals surface area contributed by atoms with Crippen LogP contribution in [0, 0.1) is 11.3 Å². The van der Waals surface area contributed by atoms with Gasteiger partial charge < -0.3 is 19.7 Å². The number of fused-ring (bicyclic) bond motifs is 1. The molecule has 0 spiro atoms. The van der Waals surface area contributed by atoms with E-state index >= 15 is 0 Å². The van der Waals surface area contributed by atoms with Crippen LogP contribution in [0.1, 0.15) is 53.4 Å². The van der Waals surface area contributed by atoms with E-state index in [9.17, 15) is 22.8 Å². The molecule has 0 radical (unpaired) electrons. The summed E-state index contributed by atoms with van der Waals surface area (Å²) >= 11 is 12.5. The van der Waals surface area contributed by atoms with Gasteiger partial charge in [-0.15, -0.1) is 6.58 Å². The maximum Gasteiger partial charge on any atom is 0.328 e. The number of benzene rings is 1. The first-order chi connectivity index (χ1) is 24.5. The third-order valence-corrected chi connectivity index (χ3v) is 12.1. The van der Waals surface area contributed by atoms with E-state index in [1.54, 1.807) is 30.5 Å². The molecule has 2 N–H and O–H groups in total. The minimum absolute atomic E-state index is 0.000248. The van der Waals surface area contributed by atoms with Gasteiger partial charge in [0.1, 0.15) is 23.4 Å². The maximum absolute atomic E-state index is 15.0. The van der Waals surface area contributed by atoms with Crippen molar-refractivity contribution in [3.63, 3.8) is 0 Å². The summed E-state index contributed by atoms with van der Waals surface area (Å²) in [6, 6.07) is 4.56. The zero-order valence-electron chi connectivity index (χ0n) is 29.6. The molecule has 278 valence electrons. The highest BCUT2D eigenvalue weighted by Crippen LogP contribution is 2.52. The van der Waals surface area contributed by atoms with Gasteiger partial charge in [-0.1, -0.05) is 50.0 Å². The van der Waals surface area contributed by atoms with Crippen LogP contribution in [0.25, 0.3) is 10.8 Å². The zero-order chi connectivity index (χ0) is 37.7. The molecule has 1 aromatic carbocycles. The third kappa shape index (κ3) is 7.25. The van der Waals surface area contributed by atoms with E-state index in [2.05, 4.69) is 26.6 Å². The van der Waals surface area contributed by atoms with Crippen LogP contribution >= 0.6 is 23.2 Å². The first-order valence-corrected chi connectivity index (χ1v) is 19.3. The second-order valence-electron chi connectivity index (χ2n) is 14.7. The number of pyridine rings is 2. The first kappa shape index (κ1) is 37.6. The van der Waals surface area contributed by atoms with Crippen LogP contribution in [0.4, 0.5) is 10.5 Å². The Morgan fingerprint density at radius 2 is 1.85 bits per heavy atom. The standard InChI is InChI=1S/C36H42Cl2N6O7S/c1-7-21-15-36(21,33(46)42-52(48,49)26-9-10-26)44(32(45)30(35(3,4)5)41-24-13-23(38)16-39-17-24)34(47)43-19-25(12-20(43)2)51-31-28-14-22(37)8-11-27(28)29(50-6)18-40-31/h7-8,11,13-14,16-18,20-21,25-26,30,41H,1,9-10,12,15,19H2,2-6H3,(H,42,46)/t20?,21-,25-,30?,36-/m1/s1. The Hall–Kier alpha value is -4.14. The Labute approximate surface area is 313 Å². The summed E-state index contributed by atoms with van der Waals surface area (Å²) in [5.41, 5.74) is -2.25. The molecule has 2 saturated carbocycles. The summed E-state index contributed by atoms with van der Waals surface area (Å²) in [5.74, 6) is -1.55. The predicted octanol–water partition coefficient (Wildman–Crippen LogP) is 5.82. The number of ether oxygens (including phenoxy) is 2. The molecule has 2 unspecified atom stereocenters. The summed E-state index contributed by atoms with van der Waals surface area (Å²) in [4.78, 5) is 55.1. The van der Waals surface area contributed by atoms with Gasteiger partial charge in [-0.2, -0.15) is 0 Å². The van der Waals surface area contributed by atoms with Gasteiger partial charge in [0.15, 0.2) is 0 Å². The van der Waals surface area contributed by atoms with Crippen molar-refractivity contribution < 1.29 is 32.3 Å². The number of hydrogen-bond acceptors (Lipinski definition) is 10. The van der Waals surface area contributed by atoms with Gasteiger partial charge in [0, 0.05) is 40.4 Å². The second-order valence-corrected chi connectivity index (χ2v) is 17.6. The van der Waals surface area contributed by atoms with E-state index in [1.807, 2.05) is 27.7 Å². The van der Waals surface area contributed by atoms with Crippen molar-refractivity contribution in [1.82, 2.24) is 24.5 Å². The number of aromatic nitrogens is 2. The van der Waals surface area contributed by atoms with Gasteiger partial charge in [0.2, 0.25) is 15.9 Å². The predicted molar refractivity (Wildman–Crippen MR) is 198 cm³/mol. The molecule has 13 nitrogen and oxygen atoms in total. The number of amides is 4. The summed E-state index contributed by atoms with van der Waals surface area (Å²) in [6.07, 6.45) is 6.62. The lowest BCUT2D eigenvalue weighted by molar-refractivity contribution is -0.141. The summed E-state index contributed by atoms with van der Waals surface area (Å²) in [6.45, 7) is 11.2. The minimum Gasteiger partial charge on any atom is -0.494 e. The molecule has 2 aromatic heterocycles. The van der Waals surface area contributed by atoms with E-state index in [1.165, 1.54) is 30.5 Å². The number of methoxy groups -OCH3 is 1. The van der Waals surface area contributed by atoms with Crippen LogP contribution in [0.5, 0.6) is 11.6 Å². The molecule has 16 heteroatoms. The minimum atomic E-state index is -4.03. The Morgan fingerprint density at radius 3 is 2.46 bits per heavy atom. The molecule has 2 aliphatic carbocycles. The average molecular weight is 774 g/mol. The summed E-state index contributed by atoms with van der Waals surface area (Å²) in [5, 5.41) is 4.63. The number of carbonyl (C=O) groups is 3. The highest BCUT2D eigenvalue weighted by atomic mass is 35.5. The molecule has 52 heavy (non-hydrogen) atoms.